The topological polar surface area (TPSA) is 66.5 Å². The lowest BCUT2D eigenvalue weighted by Crippen LogP contribution is -2.35. The molecule has 0 unspecified atom stereocenters. The number of nitrogens with zero attached hydrogens (tertiary/aromatic N) is 1. The Hall–Kier alpha value is -0.990. The van der Waals surface area contributed by atoms with Crippen LogP contribution >= 0.6 is 15.9 Å². The fraction of sp³-hybridized carbons (Fsp3) is 0.462. The van der Waals surface area contributed by atoms with Crippen LogP contribution in [0, 0.1) is 5.82 Å². The highest BCUT2D eigenvalue weighted by atomic mass is 79.9. The van der Waals surface area contributed by atoms with Gasteiger partial charge in [0, 0.05) is 30.4 Å². The number of carbonyl (C=O) groups is 1. The van der Waals surface area contributed by atoms with Gasteiger partial charge in [0.05, 0.1) is 5.56 Å². The largest absolute Gasteiger partial charge is 0.337 e. The molecule has 21 heavy (non-hydrogen) atoms. The maximum Gasteiger partial charge on any atom is 0.256 e. The van der Waals surface area contributed by atoms with E-state index in [1.54, 1.807) is 0 Å². The SMILES string of the molecule is CS(=O)(=O)c1cc(Br)cc(C(=O)N2CCCNCC2)c1F. The highest BCUT2D eigenvalue weighted by Gasteiger charge is 2.25. The molecule has 0 aliphatic carbocycles. The second kappa shape index (κ2) is 6.41. The van der Waals surface area contributed by atoms with Crippen molar-refractivity contribution in [3.63, 3.8) is 0 Å². The van der Waals surface area contributed by atoms with Crippen LogP contribution < -0.4 is 5.32 Å². The van der Waals surface area contributed by atoms with Gasteiger partial charge in [0.1, 0.15) is 4.90 Å². The van der Waals surface area contributed by atoms with Crippen molar-refractivity contribution in [2.45, 2.75) is 11.3 Å². The molecule has 8 heteroatoms. The Bertz CT molecular complexity index is 656. The number of nitrogens with one attached hydrogen (secondary N) is 1. The molecule has 1 aromatic rings. The van der Waals surface area contributed by atoms with Gasteiger partial charge in [-0.15, -0.1) is 0 Å². The first-order chi connectivity index (χ1) is 9.80. The standard InChI is InChI=1S/C13H16BrFN2O3S/c1-21(19,20)11-8-9(14)7-10(12(11)15)13(18)17-5-2-3-16-4-6-17/h7-8,16H,2-6H2,1H3. The van der Waals surface area contributed by atoms with Crippen molar-refractivity contribution in [1.82, 2.24) is 10.2 Å². The summed E-state index contributed by atoms with van der Waals surface area (Å²) < 4.78 is 38.0. The van der Waals surface area contributed by atoms with Gasteiger partial charge >= 0.3 is 0 Å². The Balaban J connectivity index is 2.43. The van der Waals surface area contributed by atoms with Crippen molar-refractivity contribution in [1.29, 1.82) is 0 Å². The second-order valence-electron chi connectivity index (χ2n) is 4.93. The highest BCUT2D eigenvalue weighted by Crippen LogP contribution is 2.25. The third-order valence-electron chi connectivity index (χ3n) is 3.26. The Morgan fingerprint density at radius 2 is 2.05 bits per heavy atom. The Morgan fingerprint density at radius 3 is 2.71 bits per heavy atom. The number of hydrogen-bond acceptors (Lipinski definition) is 4. The van der Waals surface area contributed by atoms with Crippen molar-refractivity contribution in [2.24, 2.45) is 0 Å². The molecule has 0 aromatic heterocycles. The Labute approximate surface area is 131 Å². The minimum Gasteiger partial charge on any atom is -0.337 e. The summed E-state index contributed by atoms with van der Waals surface area (Å²) in [4.78, 5) is 13.5. The summed E-state index contributed by atoms with van der Waals surface area (Å²) in [6.07, 6.45) is 1.70. The lowest BCUT2D eigenvalue weighted by molar-refractivity contribution is 0.0761. The molecule has 1 aromatic carbocycles. The lowest BCUT2D eigenvalue weighted by Gasteiger charge is -2.21. The summed E-state index contributed by atoms with van der Waals surface area (Å²) in [7, 11) is -3.74. The first kappa shape index (κ1) is 16.4. The molecule has 1 N–H and O–H groups in total. The average molecular weight is 379 g/mol. The van der Waals surface area contributed by atoms with E-state index in [-0.39, 0.29) is 5.56 Å². The molecule has 0 spiro atoms. The molecule has 1 fully saturated rings. The third kappa shape index (κ3) is 3.81. The van der Waals surface area contributed by atoms with Gasteiger partial charge in [0.25, 0.3) is 5.91 Å². The van der Waals surface area contributed by atoms with Gasteiger partial charge in [0.15, 0.2) is 15.7 Å². The minimum absolute atomic E-state index is 0.216. The van der Waals surface area contributed by atoms with Crippen molar-refractivity contribution in [3.05, 3.63) is 28.0 Å². The smallest absolute Gasteiger partial charge is 0.256 e. The maximum absolute atomic E-state index is 14.4. The zero-order valence-electron chi connectivity index (χ0n) is 11.5. The summed E-state index contributed by atoms with van der Waals surface area (Å²) in [5.41, 5.74) is -0.216. The summed E-state index contributed by atoms with van der Waals surface area (Å²) in [5, 5.41) is 3.15. The van der Waals surface area contributed by atoms with E-state index >= 15 is 0 Å². The number of carbonyl (C=O) groups excluding carboxylic acids is 1. The number of hydrogen-bond donors (Lipinski definition) is 1. The first-order valence-corrected chi connectivity index (χ1v) is 9.18. The van der Waals surface area contributed by atoms with Gasteiger partial charge in [-0.1, -0.05) is 15.9 Å². The van der Waals surface area contributed by atoms with Crippen molar-refractivity contribution in [2.75, 3.05) is 32.4 Å². The molecule has 1 aliphatic rings. The molecule has 1 amide bonds. The molecule has 0 saturated carbocycles. The van der Waals surface area contributed by atoms with Gasteiger partial charge in [0.2, 0.25) is 0 Å². The van der Waals surface area contributed by atoms with E-state index in [4.69, 9.17) is 0 Å². The molecule has 0 atom stereocenters. The minimum atomic E-state index is -3.74. The van der Waals surface area contributed by atoms with E-state index in [0.29, 0.717) is 24.1 Å². The normalized spacial score (nSPS) is 16.6. The van der Waals surface area contributed by atoms with Crippen LogP contribution in [0.1, 0.15) is 16.8 Å². The van der Waals surface area contributed by atoms with Crippen molar-refractivity contribution < 1.29 is 17.6 Å². The van der Waals surface area contributed by atoms with E-state index in [1.165, 1.54) is 17.0 Å². The zero-order chi connectivity index (χ0) is 15.6. The van der Waals surface area contributed by atoms with Crippen LogP contribution in [0.3, 0.4) is 0 Å². The van der Waals surface area contributed by atoms with Crippen LogP contribution in [0.25, 0.3) is 0 Å². The van der Waals surface area contributed by atoms with E-state index in [9.17, 15) is 17.6 Å². The van der Waals surface area contributed by atoms with Crippen molar-refractivity contribution in [3.8, 4) is 0 Å². The molecule has 5 nitrogen and oxygen atoms in total. The van der Waals surface area contributed by atoms with Crippen LogP contribution in [-0.2, 0) is 9.84 Å². The predicted molar refractivity (Wildman–Crippen MR) is 80.6 cm³/mol. The molecule has 2 rings (SSSR count). The quantitative estimate of drug-likeness (QED) is 0.845. The monoisotopic (exact) mass is 378 g/mol. The molecule has 1 aliphatic heterocycles. The highest BCUT2D eigenvalue weighted by molar-refractivity contribution is 9.10. The van der Waals surface area contributed by atoms with Crippen LogP contribution in [0.4, 0.5) is 4.39 Å². The Morgan fingerprint density at radius 1 is 1.33 bits per heavy atom. The van der Waals surface area contributed by atoms with Gasteiger partial charge in [-0.05, 0) is 25.1 Å². The number of rotatable bonds is 2. The number of sulfone groups is 1. The zero-order valence-corrected chi connectivity index (χ0v) is 13.9. The molecule has 0 bridgehead atoms. The van der Waals surface area contributed by atoms with Crippen LogP contribution in [0.2, 0.25) is 0 Å². The van der Waals surface area contributed by atoms with E-state index in [0.717, 1.165) is 19.2 Å². The van der Waals surface area contributed by atoms with Gasteiger partial charge in [-0.3, -0.25) is 4.79 Å². The first-order valence-electron chi connectivity index (χ1n) is 6.50. The molecule has 1 saturated heterocycles. The molecule has 1 heterocycles. The lowest BCUT2D eigenvalue weighted by atomic mass is 10.1. The number of halogens is 2. The Kier molecular flexibility index (Phi) is 5.00. The fourth-order valence-corrected chi connectivity index (χ4v) is 3.59. The van der Waals surface area contributed by atoms with Gasteiger partial charge in [-0.25, -0.2) is 12.8 Å². The fourth-order valence-electron chi connectivity index (χ4n) is 2.21. The molecular formula is C13H16BrFN2O3S. The summed E-state index contributed by atoms with van der Waals surface area (Å²) in [6.45, 7) is 2.44. The molecule has 116 valence electrons. The average Bonchev–Trinajstić information content (AvgIpc) is 2.68. The van der Waals surface area contributed by atoms with Gasteiger partial charge in [-0.2, -0.15) is 0 Å². The van der Waals surface area contributed by atoms with Gasteiger partial charge < -0.3 is 10.2 Å². The van der Waals surface area contributed by atoms with Crippen molar-refractivity contribution >= 4 is 31.7 Å². The molecular weight excluding hydrogens is 363 g/mol. The molecule has 0 radical (unpaired) electrons. The predicted octanol–water partition coefficient (Wildman–Crippen LogP) is 1.43. The van der Waals surface area contributed by atoms with E-state index < -0.39 is 26.5 Å². The summed E-state index contributed by atoms with van der Waals surface area (Å²) >= 11 is 3.13. The van der Waals surface area contributed by atoms with Crippen LogP contribution in [0.15, 0.2) is 21.5 Å². The van der Waals surface area contributed by atoms with Crippen LogP contribution in [0.5, 0.6) is 0 Å². The van der Waals surface area contributed by atoms with Crippen LogP contribution in [-0.4, -0.2) is 51.7 Å². The summed E-state index contributed by atoms with van der Waals surface area (Å²) in [6, 6.07) is 2.50. The second-order valence-corrected chi connectivity index (χ2v) is 7.83. The summed E-state index contributed by atoms with van der Waals surface area (Å²) in [5.74, 6) is -1.47. The maximum atomic E-state index is 14.4. The number of amides is 1. The number of benzene rings is 1. The van der Waals surface area contributed by atoms with E-state index in [1.807, 2.05) is 0 Å². The third-order valence-corrected chi connectivity index (χ3v) is 4.82. The van der Waals surface area contributed by atoms with E-state index in [2.05, 4.69) is 21.2 Å².